The van der Waals surface area contributed by atoms with Crippen molar-refractivity contribution in [2.24, 2.45) is 0 Å². The second kappa shape index (κ2) is 5.76. The highest BCUT2D eigenvalue weighted by molar-refractivity contribution is 7.89. The van der Waals surface area contributed by atoms with Gasteiger partial charge in [-0.15, -0.1) is 0 Å². The minimum atomic E-state index is -3.96. The molecule has 0 spiro atoms. The number of nitro benzene ring substituents is 1. The van der Waals surface area contributed by atoms with Crippen molar-refractivity contribution in [3.8, 4) is 0 Å². The summed E-state index contributed by atoms with van der Waals surface area (Å²) in [5, 5.41) is 16.8. The predicted molar refractivity (Wildman–Crippen MR) is 73.2 cm³/mol. The van der Waals surface area contributed by atoms with E-state index in [1.807, 2.05) is 0 Å². The van der Waals surface area contributed by atoms with E-state index in [1.165, 1.54) is 12.4 Å². The first kappa shape index (κ1) is 15.4. The average Bonchev–Trinajstić information content (AvgIpc) is 2.92. The van der Waals surface area contributed by atoms with Crippen LogP contribution in [0, 0.1) is 10.1 Å². The summed E-state index contributed by atoms with van der Waals surface area (Å²) in [7, 11) is -3.96. The molecule has 2 N–H and O–H groups in total. The van der Waals surface area contributed by atoms with Gasteiger partial charge in [-0.05, 0) is 19.1 Å². The van der Waals surface area contributed by atoms with Crippen LogP contribution in [0.15, 0.2) is 29.4 Å². The number of aromatic nitrogens is 3. The highest BCUT2D eigenvalue weighted by Gasteiger charge is 2.23. The number of nitrogens with zero attached hydrogens (tertiary/aromatic N) is 3. The minimum absolute atomic E-state index is 0.137. The number of H-pyrrole nitrogens is 1. The van der Waals surface area contributed by atoms with Gasteiger partial charge in [0.15, 0.2) is 0 Å². The van der Waals surface area contributed by atoms with Gasteiger partial charge in [-0.2, -0.15) is 5.10 Å². The van der Waals surface area contributed by atoms with Crippen LogP contribution < -0.4 is 4.72 Å². The molecule has 0 aliphatic heterocycles. The zero-order valence-electron chi connectivity index (χ0n) is 10.6. The smallest absolute Gasteiger partial charge is 0.262 e. The molecule has 9 nitrogen and oxygen atoms in total. The molecular formula is C10H10ClN5O4S. The minimum Gasteiger partial charge on any atom is -0.262 e. The molecule has 1 atom stereocenters. The van der Waals surface area contributed by atoms with Gasteiger partial charge >= 0.3 is 0 Å². The lowest BCUT2D eigenvalue weighted by atomic mass is 10.3. The monoisotopic (exact) mass is 331 g/mol. The summed E-state index contributed by atoms with van der Waals surface area (Å²) in [6, 6.07) is 2.57. The predicted octanol–water partition coefficient (Wildman–Crippen LogP) is 1.41. The maximum absolute atomic E-state index is 12.2. The number of rotatable bonds is 5. The van der Waals surface area contributed by atoms with Crippen LogP contribution in [-0.2, 0) is 10.0 Å². The number of nitrogens with one attached hydrogen (secondary N) is 2. The summed E-state index contributed by atoms with van der Waals surface area (Å²) in [5.74, 6) is 0.321. The molecule has 1 unspecified atom stereocenters. The van der Waals surface area contributed by atoms with Gasteiger partial charge in [0, 0.05) is 6.07 Å². The summed E-state index contributed by atoms with van der Waals surface area (Å²) in [6.45, 7) is 1.56. The van der Waals surface area contributed by atoms with Crippen molar-refractivity contribution in [2.45, 2.75) is 17.9 Å². The Kier molecular flexibility index (Phi) is 4.21. The molecule has 2 rings (SSSR count). The van der Waals surface area contributed by atoms with Gasteiger partial charge in [-0.25, -0.2) is 18.1 Å². The van der Waals surface area contributed by atoms with Crippen molar-refractivity contribution >= 4 is 27.3 Å². The molecule has 0 bridgehead atoms. The molecular weight excluding hydrogens is 322 g/mol. The molecule has 0 aliphatic carbocycles. The molecule has 0 aliphatic rings. The second-order valence-corrected chi connectivity index (χ2v) is 6.21. The first-order valence-electron chi connectivity index (χ1n) is 5.63. The largest absolute Gasteiger partial charge is 0.289 e. The highest BCUT2D eigenvalue weighted by atomic mass is 35.5. The zero-order chi connectivity index (χ0) is 15.6. The number of hydrogen-bond acceptors (Lipinski definition) is 6. The number of aromatic amines is 1. The van der Waals surface area contributed by atoms with Crippen LogP contribution in [0.3, 0.4) is 0 Å². The summed E-state index contributed by atoms with van der Waals surface area (Å²) >= 11 is 5.65. The van der Waals surface area contributed by atoms with Crippen LogP contribution in [0.4, 0.5) is 5.69 Å². The van der Waals surface area contributed by atoms with Crippen molar-refractivity contribution in [1.29, 1.82) is 0 Å². The number of hydrogen-bond donors (Lipinski definition) is 2. The van der Waals surface area contributed by atoms with Gasteiger partial charge < -0.3 is 0 Å². The first-order valence-corrected chi connectivity index (χ1v) is 7.49. The maximum atomic E-state index is 12.2. The lowest BCUT2D eigenvalue weighted by Gasteiger charge is -2.11. The van der Waals surface area contributed by atoms with Crippen LogP contribution in [0.25, 0.3) is 0 Å². The van der Waals surface area contributed by atoms with Crippen LogP contribution >= 0.6 is 11.6 Å². The van der Waals surface area contributed by atoms with Crippen molar-refractivity contribution < 1.29 is 13.3 Å². The third kappa shape index (κ3) is 3.35. The van der Waals surface area contributed by atoms with Crippen molar-refractivity contribution in [2.75, 3.05) is 0 Å². The molecule has 0 amide bonds. The second-order valence-electron chi connectivity index (χ2n) is 4.08. The topological polar surface area (TPSA) is 131 Å². The van der Waals surface area contributed by atoms with Crippen LogP contribution in [0.5, 0.6) is 0 Å². The van der Waals surface area contributed by atoms with Crippen LogP contribution in [-0.4, -0.2) is 28.5 Å². The Balaban J connectivity index is 2.32. The van der Waals surface area contributed by atoms with Crippen molar-refractivity contribution in [3.63, 3.8) is 0 Å². The quantitative estimate of drug-likeness (QED) is 0.629. The molecule has 1 aromatic carbocycles. The maximum Gasteiger partial charge on any atom is 0.289 e. The molecule has 2 aromatic rings. The van der Waals surface area contributed by atoms with E-state index in [1.54, 1.807) is 6.92 Å². The van der Waals surface area contributed by atoms with Crippen LogP contribution in [0.2, 0.25) is 5.02 Å². The van der Waals surface area contributed by atoms with Crippen LogP contribution in [0.1, 0.15) is 18.8 Å². The van der Waals surface area contributed by atoms with Gasteiger partial charge in [0.1, 0.15) is 17.2 Å². The van der Waals surface area contributed by atoms with Gasteiger partial charge in [-0.3, -0.25) is 15.2 Å². The number of nitro groups is 1. The molecule has 0 radical (unpaired) electrons. The Bertz CT molecular complexity index is 762. The van der Waals surface area contributed by atoms with Gasteiger partial charge in [0.05, 0.1) is 15.9 Å². The standard InChI is InChI=1S/C10H10ClN5O4S/c1-6(10-12-5-13-14-10)15-21(19,20)7-2-3-8(11)9(4-7)16(17)18/h2-6,15H,1H3,(H,12,13,14). The molecule has 1 heterocycles. The summed E-state index contributed by atoms with van der Waals surface area (Å²) in [4.78, 5) is 13.6. The number of halogens is 1. The number of benzene rings is 1. The fraction of sp³-hybridized carbons (Fsp3) is 0.200. The Hall–Kier alpha value is -2.04. The van der Waals surface area contributed by atoms with E-state index in [-0.39, 0.29) is 9.92 Å². The average molecular weight is 332 g/mol. The Morgan fingerprint density at radius 2 is 2.19 bits per heavy atom. The van der Waals surface area contributed by atoms with Crippen molar-refractivity contribution in [1.82, 2.24) is 19.9 Å². The highest BCUT2D eigenvalue weighted by Crippen LogP contribution is 2.27. The fourth-order valence-electron chi connectivity index (χ4n) is 1.58. The van der Waals surface area contributed by atoms with E-state index in [0.29, 0.717) is 5.82 Å². The normalized spacial score (nSPS) is 13.0. The van der Waals surface area contributed by atoms with E-state index >= 15 is 0 Å². The third-order valence-corrected chi connectivity index (χ3v) is 4.46. The van der Waals surface area contributed by atoms with E-state index in [4.69, 9.17) is 11.6 Å². The Labute approximate surface area is 124 Å². The summed E-state index contributed by atoms with van der Waals surface area (Å²) in [5.41, 5.74) is -0.480. The lowest BCUT2D eigenvalue weighted by molar-refractivity contribution is -0.384. The summed E-state index contributed by atoms with van der Waals surface area (Å²) < 4.78 is 26.7. The van der Waals surface area contributed by atoms with Crippen molar-refractivity contribution in [3.05, 3.63) is 45.5 Å². The molecule has 112 valence electrons. The molecule has 1 aromatic heterocycles. The first-order chi connectivity index (χ1) is 9.81. The SMILES string of the molecule is CC(NS(=O)(=O)c1ccc(Cl)c([N+](=O)[O-])c1)c1ncn[nH]1. The Morgan fingerprint density at radius 1 is 1.48 bits per heavy atom. The van der Waals surface area contributed by atoms with Gasteiger partial charge in [0.2, 0.25) is 10.0 Å². The van der Waals surface area contributed by atoms with E-state index in [9.17, 15) is 18.5 Å². The number of sulfonamides is 1. The summed E-state index contributed by atoms with van der Waals surface area (Å²) in [6.07, 6.45) is 1.24. The molecule has 0 fully saturated rings. The third-order valence-electron chi connectivity index (χ3n) is 2.60. The van der Waals surface area contributed by atoms with E-state index < -0.39 is 26.7 Å². The Morgan fingerprint density at radius 3 is 2.76 bits per heavy atom. The molecule has 11 heteroatoms. The fourth-order valence-corrected chi connectivity index (χ4v) is 2.99. The van der Waals surface area contributed by atoms with E-state index in [2.05, 4.69) is 19.9 Å². The van der Waals surface area contributed by atoms with E-state index in [0.717, 1.165) is 12.1 Å². The van der Waals surface area contributed by atoms with Gasteiger partial charge in [-0.1, -0.05) is 11.6 Å². The lowest BCUT2D eigenvalue weighted by Crippen LogP contribution is -2.27. The molecule has 0 saturated heterocycles. The van der Waals surface area contributed by atoms with Gasteiger partial charge in [0.25, 0.3) is 5.69 Å². The zero-order valence-corrected chi connectivity index (χ0v) is 12.2. The molecule has 0 saturated carbocycles. The molecule has 21 heavy (non-hydrogen) atoms.